The number of ether oxygens (including phenoxy) is 1. The fraction of sp³-hybridized carbons (Fsp3) is 0.462. The van der Waals surface area contributed by atoms with Gasteiger partial charge >= 0.3 is 0 Å². The van der Waals surface area contributed by atoms with Gasteiger partial charge in [0.15, 0.2) is 5.78 Å². The fourth-order valence-electron chi connectivity index (χ4n) is 5.15. The summed E-state index contributed by atoms with van der Waals surface area (Å²) in [4.78, 5) is 27.5. The number of benzene rings is 2. The summed E-state index contributed by atoms with van der Waals surface area (Å²) in [7, 11) is -2.11. The Kier molecular flexibility index (Phi) is 7.09. The lowest BCUT2D eigenvalue weighted by molar-refractivity contribution is -0.140. The van der Waals surface area contributed by atoms with Gasteiger partial charge in [0.25, 0.3) is 0 Å². The summed E-state index contributed by atoms with van der Waals surface area (Å²) in [6.45, 7) is 2.58. The second-order valence-electron chi connectivity index (χ2n) is 9.15. The first-order valence-corrected chi connectivity index (χ1v) is 13.3. The monoisotopic (exact) mass is 484 g/mol. The number of sulfonamides is 1. The fourth-order valence-corrected chi connectivity index (χ4v) is 6.62. The Morgan fingerprint density at radius 1 is 0.912 bits per heavy atom. The van der Waals surface area contributed by atoms with E-state index in [1.807, 2.05) is 29.2 Å². The molecule has 2 fully saturated rings. The number of nitrogens with zero attached hydrogens (tertiary/aromatic N) is 2. The molecule has 1 saturated carbocycles. The summed E-state index contributed by atoms with van der Waals surface area (Å²) < 4.78 is 33.1. The predicted octanol–water partition coefficient (Wildman–Crippen LogP) is 3.63. The lowest BCUT2D eigenvalue weighted by Crippen LogP contribution is -2.56. The van der Waals surface area contributed by atoms with Gasteiger partial charge in [0, 0.05) is 31.7 Å². The molecule has 34 heavy (non-hydrogen) atoms. The molecule has 0 bridgehead atoms. The third-order valence-corrected chi connectivity index (χ3v) is 9.06. The quantitative estimate of drug-likeness (QED) is 0.585. The molecule has 2 aromatic carbocycles. The minimum absolute atomic E-state index is 0.0907. The van der Waals surface area contributed by atoms with Gasteiger partial charge in [0.2, 0.25) is 15.9 Å². The van der Waals surface area contributed by atoms with Crippen molar-refractivity contribution in [2.24, 2.45) is 0 Å². The maximum Gasteiger partial charge on any atom is 0.243 e. The molecule has 8 heteroatoms. The average molecular weight is 485 g/mol. The van der Waals surface area contributed by atoms with Crippen LogP contribution in [0.25, 0.3) is 0 Å². The lowest BCUT2D eigenvalue weighted by atomic mass is 9.68. The topological polar surface area (TPSA) is 84.0 Å². The van der Waals surface area contributed by atoms with Crippen LogP contribution in [0.1, 0.15) is 54.9 Å². The Bertz CT molecular complexity index is 1150. The molecule has 182 valence electrons. The zero-order valence-corrected chi connectivity index (χ0v) is 20.6. The Labute approximate surface area is 201 Å². The molecule has 1 amide bonds. The van der Waals surface area contributed by atoms with Crippen LogP contribution in [-0.4, -0.2) is 62.6 Å². The van der Waals surface area contributed by atoms with Gasteiger partial charge in [0.05, 0.1) is 17.4 Å². The van der Waals surface area contributed by atoms with E-state index in [-0.39, 0.29) is 29.7 Å². The largest absolute Gasteiger partial charge is 0.497 e. The van der Waals surface area contributed by atoms with Crippen LogP contribution in [0.3, 0.4) is 0 Å². The summed E-state index contributed by atoms with van der Waals surface area (Å²) in [5.74, 6) is 0.673. The summed E-state index contributed by atoms with van der Waals surface area (Å²) in [5, 5.41) is 0. The number of hydrogen-bond acceptors (Lipinski definition) is 5. The number of piperazine rings is 1. The molecule has 0 unspecified atom stereocenters. The van der Waals surface area contributed by atoms with Crippen molar-refractivity contribution in [1.82, 2.24) is 9.21 Å². The van der Waals surface area contributed by atoms with Crippen molar-refractivity contribution >= 4 is 21.7 Å². The molecule has 1 aliphatic carbocycles. The van der Waals surface area contributed by atoms with Crippen molar-refractivity contribution in [3.63, 3.8) is 0 Å². The van der Waals surface area contributed by atoms with Crippen molar-refractivity contribution in [1.29, 1.82) is 0 Å². The van der Waals surface area contributed by atoms with E-state index in [2.05, 4.69) is 0 Å². The number of carbonyl (C=O) groups is 2. The molecule has 1 aliphatic heterocycles. The smallest absolute Gasteiger partial charge is 0.243 e. The maximum atomic E-state index is 13.9. The SMILES string of the molecule is COc1ccc(C2(C(=O)N3CCN(S(=O)(=O)c4cccc(C(C)=O)c4)CC3)CCCCC2)cc1. The predicted molar refractivity (Wildman–Crippen MR) is 130 cm³/mol. The molecule has 2 aliphatic rings. The summed E-state index contributed by atoms with van der Waals surface area (Å²) in [6, 6.07) is 13.9. The van der Waals surface area contributed by atoms with Gasteiger partial charge in [-0.2, -0.15) is 4.31 Å². The third-order valence-electron chi connectivity index (χ3n) is 7.16. The summed E-state index contributed by atoms with van der Waals surface area (Å²) in [5.41, 5.74) is 0.809. The van der Waals surface area contributed by atoms with Crippen LogP contribution in [0.15, 0.2) is 53.4 Å². The molecule has 0 N–H and O–H groups in total. The van der Waals surface area contributed by atoms with E-state index >= 15 is 0 Å². The van der Waals surface area contributed by atoms with E-state index in [9.17, 15) is 18.0 Å². The third kappa shape index (κ3) is 4.61. The van der Waals surface area contributed by atoms with E-state index in [0.717, 1.165) is 43.4 Å². The van der Waals surface area contributed by atoms with Gasteiger partial charge in [-0.1, -0.05) is 43.5 Å². The standard InChI is InChI=1S/C26H32N2O5S/c1-20(29)21-7-6-8-24(19-21)34(31,32)28-17-15-27(16-18-28)25(30)26(13-4-3-5-14-26)22-9-11-23(33-2)12-10-22/h6-12,19H,3-5,13-18H2,1-2H3. The van der Waals surface area contributed by atoms with Crippen LogP contribution in [-0.2, 0) is 20.2 Å². The Balaban J connectivity index is 1.51. The molecule has 0 aromatic heterocycles. The molecular formula is C26H32N2O5S. The molecule has 4 rings (SSSR count). The number of Topliss-reactive ketones (excluding diaryl/α,β-unsaturated/α-hetero) is 1. The number of carbonyl (C=O) groups excluding carboxylic acids is 2. The minimum atomic E-state index is -3.74. The number of methoxy groups -OCH3 is 1. The Morgan fingerprint density at radius 3 is 2.15 bits per heavy atom. The highest BCUT2D eigenvalue weighted by atomic mass is 32.2. The number of amides is 1. The lowest BCUT2D eigenvalue weighted by Gasteiger charge is -2.43. The van der Waals surface area contributed by atoms with Crippen LogP contribution in [0.4, 0.5) is 0 Å². The van der Waals surface area contributed by atoms with Crippen LogP contribution in [0, 0.1) is 0 Å². The van der Waals surface area contributed by atoms with Crippen molar-refractivity contribution in [2.75, 3.05) is 33.3 Å². The van der Waals surface area contributed by atoms with Gasteiger partial charge in [-0.3, -0.25) is 9.59 Å². The van der Waals surface area contributed by atoms with Gasteiger partial charge < -0.3 is 9.64 Å². The van der Waals surface area contributed by atoms with Crippen LogP contribution >= 0.6 is 0 Å². The first-order chi connectivity index (χ1) is 16.3. The van der Waals surface area contributed by atoms with Crippen molar-refractivity contribution in [3.8, 4) is 5.75 Å². The second kappa shape index (κ2) is 9.88. The zero-order valence-electron chi connectivity index (χ0n) is 19.8. The van der Waals surface area contributed by atoms with Gasteiger partial charge in [0.1, 0.15) is 5.75 Å². The zero-order chi connectivity index (χ0) is 24.3. The normalized spacial score (nSPS) is 18.9. The molecule has 1 saturated heterocycles. The van der Waals surface area contributed by atoms with E-state index in [0.29, 0.717) is 18.7 Å². The summed E-state index contributed by atoms with van der Waals surface area (Å²) >= 11 is 0. The first kappa shape index (κ1) is 24.4. The van der Waals surface area contributed by atoms with Crippen LogP contribution in [0.2, 0.25) is 0 Å². The van der Waals surface area contributed by atoms with Gasteiger partial charge in [-0.15, -0.1) is 0 Å². The van der Waals surface area contributed by atoms with Crippen LogP contribution in [0.5, 0.6) is 5.75 Å². The number of ketones is 1. The molecule has 0 spiro atoms. The molecule has 0 radical (unpaired) electrons. The highest BCUT2D eigenvalue weighted by Gasteiger charge is 2.44. The van der Waals surface area contributed by atoms with Crippen molar-refractivity contribution < 1.29 is 22.7 Å². The van der Waals surface area contributed by atoms with E-state index in [4.69, 9.17) is 4.74 Å². The maximum absolute atomic E-state index is 13.9. The van der Waals surface area contributed by atoms with Crippen molar-refractivity contribution in [3.05, 3.63) is 59.7 Å². The summed E-state index contributed by atoms with van der Waals surface area (Å²) in [6.07, 6.45) is 4.72. The first-order valence-electron chi connectivity index (χ1n) is 11.8. The van der Waals surface area contributed by atoms with Crippen molar-refractivity contribution in [2.45, 2.75) is 49.3 Å². The molecule has 1 heterocycles. The van der Waals surface area contributed by atoms with E-state index in [1.165, 1.54) is 23.4 Å². The van der Waals surface area contributed by atoms with E-state index in [1.54, 1.807) is 19.2 Å². The minimum Gasteiger partial charge on any atom is -0.497 e. The molecular weight excluding hydrogens is 452 g/mol. The number of hydrogen-bond donors (Lipinski definition) is 0. The molecule has 0 atom stereocenters. The average Bonchev–Trinajstić information content (AvgIpc) is 2.89. The molecule has 2 aromatic rings. The Hall–Kier alpha value is -2.71. The molecule has 7 nitrogen and oxygen atoms in total. The van der Waals surface area contributed by atoms with Gasteiger partial charge in [-0.05, 0) is 49.6 Å². The highest BCUT2D eigenvalue weighted by molar-refractivity contribution is 7.89. The van der Waals surface area contributed by atoms with Crippen LogP contribution < -0.4 is 4.74 Å². The van der Waals surface area contributed by atoms with E-state index < -0.39 is 15.4 Å². The second-order valence-corrected chi connectivity index (χ2v) is 11.1. The Morgan fingerprint density at radius 2 is 1.56 bits per heavy atom. The number of rotatable bonds is 6. The highest BCUT2D eigenvalue weighted by Crippen LogP contribution is 2.42. The van der Waals surface area contributed by atoms with Gasteiger partial charge in [-0.25, -0.2) is 8.42 Å².